The van der Waals surface area contributed by atoms with Crippen molar-refractivity contribution in [2.45, 2.75) is 39.0 Å². The normalized spacial score (nSPS) is 15.4. The molecule has 2 N–H and O–H groups in total. The van der Waals surface area contributed by atoms with Crippen molar-refractivity contribution in [2.24, 2.45) is 4.99 Å². The number of carbonyl (C=O) groups excluding carboxylic acids is 1. The first kappa shape index (κ1) is 21.2. The number of likely N-dealkylation sites (N-methyl/N-ethyl adjacent to an activating group) is 1. The average Bonchev–Trinajstić information content (AvgIpc) is 2.69. The predicted molar refractivity (Wildman–Crippen MR) is 107 cm³/mol. The number of nitrogens with one attached hydrogen (secondary N) is 2. The van der Waals surface area contributed by atoms with Gasteiger partial charge >= 0.3 is 0 Å². The number of benzene rings is 1. The van der Waals surface area contributed by atoms with Gasteiger partial charge in [0.2, 0.25) is 5.91 Å². The van der Waals surface area contributed by atoms with Crippen LogP contribution < -0.4 is 10.6 Å². The molecular formula is C20H32N4O3. The van der Waals surface area contributed by atoms with E-state index in [2.05, 4.69) is 39.9 Å². The lowest BCUT2D eigenvalue weighted by Crippen LogP contribution is -2.42. The molecule has 0 atom stereocenters. The molecule has 150 valence electrons. The topological polar surface area (TPSA) is 75.2 Å². The zero-order valence-electron chi connectivity index (χ0n) is 16.7. The second-order valence-corrected chi connectivity index (χ2v) is 6.78. The van der Waals surface area contributed by atoms with Crippen molar-refractivity contribution in [3.05, 3.63) is 35.4 Å². The average molecular weight is 377 g/mol. The van der Waals surface area contributed by atoms with Crippen LogP contribution in [0, 0.1) is 0 Å². The zero-order valence-corrected chi connectivity index (χ0v) is 16.7. The molecule has 1 fully saturated rings. The van der Waals surface area contributed by atoms with E-state index in [1.54, 1.807) is 19.0 Å². The summed E-state index contributed by atoms with van der Waals surface area (Å²) < 4.78 is 11.3. The first-order valence-corrected chi connectivity index (χ1v) is 9.58. The van der Waals surface area contributed by atoms with E-state index in [4.69, 9.17) is 9.47 Å². The lowest BCUT2D eigenvalue weighted by atomic mass is 10.1. The van der Waals surface area contributed by atoms with Crippen LogP contribution in [-0.2, 0) is 27.4 Å². The summed E-state index contributed by atoms with van der Waals surface area (Å²) in [6.45, 7) is 5.73. The molecule has 1 aliphatic rings. The van der Waals surface area contributed by atoms with Gasteiger partial charge in [0.25, 0.3) is 0 Å². The van der Waals surface area contributed by atoms with Crippen molar-refractivity contribution in [1.82, 2.24) is 15.5 Å². The second-order valence-electron chi connectivity index (χ2n) is 6.78. The molecule has 7 nitrogen and oxygen atoms in total. The molecule has 1 saturated heterocycles. The van der Waals surface area contributed by atoms with Crippen LogP contribution in [0.25, 0.3) is 0 Å². The van der Waals surface area contributed by atoms with Gasteiger partial charge in [-0.25, -0.2) is 4.99 Å². The van der Waals surface area contributed by atoms with E-state index in [0.717, 1.165) is 43.7 Å². The molecule has 0 radical (unpaired) electrons. The van der Waals surface area contributed by atoms with Crippen molar-refractivity contribution >= 4 is 11.9 Å². The summed E-state index contributed by atoms with van der Waals surface area (Å²) in [6.07, 6.45) is 2.26. The maximum Gasteiger partial charge on any atom is 0.241 e. The third-order valence-electron chi connectivity index (χ3n) is 4.35. The highest BCUT2D eigenvalue weighted by Crippen LogP contribution is 2.14. The fourth-order valence-electron chi connectivity index (χ4n) is 2.63. The first-order valence-electron chi connectivity index (χ1n) is 9.58. The van der Waals surface area contributed by atoms with Crippen LogP contribution in [0.15, 0.2) is 29.3 Å². The highest BCUT2D eigenvalue weighted by Gasteiger charge is 2.13. The third-order valence-corrected chi connectivity index (χ3v) is 4.35. The maximum absolute atomic E-state index is 11.7. The molecule has 0 unspecified atom stereocenters. The van der Waals surface area contributed by atoms with Gasteiger partial charge in [0.15, 0.2) is 5.96 Å². The van der Waals surface area contributed by atoms with Gasteiger partial charge in [0.1, 0.15) is 0 Å². The summed E-state index contributed by atoms with van der Waals surface area (Å²) in [5.41, 5.74) is 2.27. The van der Waals surface area contributed by atoms with E-state index in [-0.39, 0.29) is 12.5 Å². The number of amides is 1. The number of aliphatic imine (C=N–C) groups is 1. The SMILES string of the molecule is CCNC(=NCc1ccc(COC2CCOCC2)cc1)NCC(=O)N(C)C. The summed E-state index contributed by atoms with van der Waals surface area (Å²) in [6, 6.07) is 8.31. The Morgan fingerprint density at radius 2 is 1.85 bits per heavy atom. The van der Waals surface area contributed by atoms with E-state index < -0.39 is 0 Å². The van der Waals surface area contributed by atoms with Gasteiger partial charge in [-0.05, 0) is 30.9 Å². The highest BCUT2D eigenvalue weighted by atomic mass is 16.5. The van der Waals surface area contributed by atoms with Crippen LogP contribution in [0.3, 0.4) is 0 Å². The van der Waals surface area contributed by atoms with Gasteiger partial charge in [-0.3, -0.25) is 4.79 Å². The molecular weight excluding hydrogens is 344 g/mol. The summed E-state index contributed by atoms with van der Waals surface area (Å²) in [5.74, 6) is 0.647. The van der Waals surface area contributed by atoms with Gasteiger partial charge in [0, 0.05) is 33.9 Å². The van der Waals surface area contributed by atoms with E-state index in [1.807, 2.05) is 6.92 Å². The van der Waals surface area contributed by atoms with Crippen LogP contribution in [0.1, 0.15) is 30.9 Å². The van der Waals surface area contributed by atoms with Crippen LogP contribution in [0.4, 0.5) is 0 Å². The highest BCUT2D eigenvalue weighted by molar-refractivity contribution is 5.86. The van der Waals surface area contributed by atoms with Crippen LogP contribution in [0.2, 0.25) is 0 Å². The Bertz CT molecular complexity index is 596. The second kappa shape index (κ2) is 11.6. The fourth-order valence-corrected chi connectivity index (χ4v) is 2.63. The predicted octanol–water partition coefficient (Wildman–Crippen LogP) is 1.53. The van der Waals surface area contributed by atoms with Gasteiger partial charge in [-0.1, -0.05) is 24.3 Å². The maximum atomic E-state index is 11.7. The molecule has 0 aliphatic carbocycles. The van der Waals surface area contributed by atoms with Crippen LogP contribution >= 0.6 is 0 Å². The molecule has 0 saturated carbocycles. The minimum atomic E-state index is 0.00878. The Labute approximate surface area is 162 Å². The first-order chi connectivity index (χ1) is 13.1. The zero-order chi connectivity index (χ0) is 19.5. The van der Waals surface area contributed by atoms with Crippen LogP contribution in [-0.4, -0.2) is 63.3 Å². The number of carbonyl (C=O) groups is 1. The summed E-state index contributed by atoms with van der Waals surface area (Å²) >= 11 is 0. The monoisotopic (exact) mass is 376 g/mol. The molecule has 1 heterocycles. The third kappa shape index (κ3) is 7.97. The fraction of sp³-hybridized carbons (Fsp3) is 0.600. The standard InChI is InChI=1S/C20H32N4O3/c1-4-21-20(23-14-19(25)24(2)3)22-13-16-5-7-17(8-6-16)15-27-18-9-11-26-12-10-18/h5-8,18H,4,9-15H2,1-3H3,(H2,21,22,23). The van der Waals surface area contributed by atoms with E-state index in [1.165, 1.54) is 0 Å². The van der Waals surface area contributed by atoms with Crippen molar-refractivity contribution in [1.29, 1.82) is 0 Å². The van der Waals surface area contributed by atoms with Gasteiger partial charge < -0.3 is 25.0 Å². The summed E-state index contributed by atoms with van der Waals surface area (Å²) in [5, 5.41) is 6.21. The molecule has 1 aliphatic heterocycles. The number of rotatable bonds is 8. The van der Waals surface area contributed by atoms with E-state index in [0.29, 0.717) is 25.2 Å². The molecule has 1 aromatic rings. The van der Waals surface area contributed by atoms with Crippen molar-refractivity contribution in [3.8, 4) is 0 Å². The van der Waals surface area contributed by atoms with Crippen molar-refractivity contribution in [2.75, 3.05) is 40.4 Å². The Balaban J connectivity index is 1.81. The lowest BCUT2D eigenvalue weighted by Gasteiger charge is -2.22. The Morgan fingerprint density at radius 3 is 2.48 bits per heavy atom. The number of hydrogen-bond acceptors (Lipinski definition) is 4. The number of guanidine groups is 1. The molecule has 1 amide bonds. The van der Waals surface area contributed by atoms with E-state index in [9.17, 15) is 4.79 Å². The smallest absolute Gasteiger partial charge is 0.241 e. The van der Waals surface area contributed by atoms with Gasteiger partial charge in [0.05, 0.1) is 25.8 Å². The lowest BCUT2D eigenvalue weighted by molar-refractivity contribution is -0.127. The van der Waals surface area contributed by atoms with Crippen molar-refractivity contribution in [3.63, 3.8) is 0 Å². The van der Waals surface area contributed by atoms with E-state index >= 15 is 0 Å². The molecule has 1 aromatic carbocycles. The number of hydrogen-bond donors (Lipinski definition) is 2. The molecule has 0 spiro atoms. The van der Waals surface area contributed by atoms with Gasteiger partial charge in [-0.2, -0.15) is 0 Å². The molecule has 7 heteroatoms. The Kier molecular flexibility index (Phi) is 9.07. The molecule has 0 aromatic heterocycles. The largest absolute Gasteiger partial charge is 0.381 e. The van der Waals surface area contributed by atoms with Crippen molar-refractivity contribution < 1.29 is 14.3 Å². The van der Waals surface area contributed by atoms with Crippen LogP contribution in [0.5, 0.6) is 0 Å². The summed E-state index contributed by atoms with van der Waals surface area (Å²) in [7, 11) is 3.47. The summed E-state index contributed by atoms with van der Waals surface area (Å²) in [4.78, 5) is 17.8. The quantitative estimate of drug-likeness (QED) is 0.532. The molecule has 27 heavy (non-hydrogen) atoms. The minimum Gasteiger partial charge on any atom is -0.381 e. The molecule has 2 rings (SSSR count). The Hall–Kier alpha value is -2.12. The Morgan fingerprint density at radius 1 is 1.19 bits per heavy atom. The minimum absolute atomic E-state index is 0.00878. The molecule has 0 bridgehead atoms. The van der Waals surface area contributed by atoms with Gasteiger partial charge in [-0.15, -0.1) is 0 Å². The number of ether oxygens (including phenoxy) is 2. The number of nitrogens with zero attached hydrogens (tertiary/aromatic N) is 2.